The molecule has 32 heavy (non-hydrogen) atoms. The van der Waals surface area contributed by atoms with Gasteiger partial charge in [0.25, 0.3) is 0 Å². The molecule has 0 aliphatic carbocycles. The van der Waals surface area contributed by atoms with Crippen molar-refractivity contribution in [1.82, 2.24) is 5.32 Å². The highest BCUT2D eigenvalue weighted by Gasteiger charge is 2.25. The van der Waals surface area contributed by atoms with Crippen LogP contribution in [0.25, 0.3) is 0 Å². The van der Waals surface area contributed by atoms with Gasteiger partial charge in [-0.05, 0) is 36.8 Å². The first kappa shape index (κ1) is 20.3. The molecule has 3 N–H and O–H groups in total. The van der Waals surface area contributed by atoms with Crippen LogP contribution in [0.5, 0.6) is 5.75 Å². The highest BCUT2D eigenvalue weighted by Crippen LogP contribution is 2.36. The average molecular weight is 431 g/mol. The Hall–Kier alpha value is -3.58. The van der Waals surface area contributed by atoms with E-state index in [1.165, 1.54) is 11.8 Å². The Morgan fingerprint density at radius 2 is 1.84 bits per heavy atom. The molecule has 0 saturated carbocycles. The van der Waals surface area contributed by atoms with Crippen molar-refractivity contribution >= 4 is 22.8 Å². The van der Waals surface area contributed by atoms with Gasteiger partial charge in [-0.1, -0.05) is 24.3 Å². The number of rotatable bonds is 3. The quantitative estimate of drug-likeness (QED) is 0.587. The lowest BCUT2D eigenvalue weighted by atomic mass is 9.97. The molecule has 2 aliphatic rings. The number of nitrogens with zero attached hydrogens (tertiary/aromatic N) is 2. The van der Waals surface area contributed by atoms with Gasteiger partial charge < -0.3 is 25.1 Å². The van der Waals surface area contributed by atoms with Crippen LogP contribution in [0.3, 0.4) is 0 Å². The minimum Gasteiger partial charge on any atom is -0.507 e. The summed E-state index contributed by atoms with van der Waals surface area (Å²) in [5, 5.41) is 17.5. The molecule has 7 nitrogen and oxygen atoms in total. The molecule has 0 spiro atoms. The van der Waals surface area contributed by atoms with Gasteiger partial charge in [0.05, 0.1) is 23.1 Å². The van der Waals surface area contributed by atoms with Gasteiger partial charge in [-0.3, -0.25) is 4.99 Å². The SMILES string of the molecule is Cc1cc(O)c(C2=Nc3ccccc3NC(c3ccc(N4CCNCC4)cc3)C2)c(=O)o1. The average Bonchev–Trinajstić information content (AvgIpc) is 2.99. The van der Waals surface area contributed by atoms with E-state index in [9.17, 15) is 9.90 Å². The van der Waals surface area contributed by atoms with E-state index in [0.29, 0.717) is 17.9 Å². The molecule has 7 heteroatoms. The molecule has 2 aromatic carbocycles. The number of nitrogens with one attached hydrogen (secondary N) is 2. The number of fused-ring (bicyclic) bond motifs is 1. The number of hydrogen-bond acceptors (Lipinski definition) is 7. The van der Waals surface area contributed by atoms with E-state index in [2.05, 4.69) is 39.8 Å². The monoisotopic (exact) mass is 430 g/mol. The zero-order valence-corrected chi connectivity index (χ0v) is 18.0. The van der Waals surface area contributed by atoms with Gasteiger partial charge in [0.2, 0.25) is 0 Å². The number of benzene rings is 2. The molecule has 1 aromatic heterocycles. The Labute approximate surface area is 186 Å². The largest absolute Gasteiger partial charge is 0.507 e. The van der Waals surface area contributed by atoms with E-state index < -0.39 is 5.63 Å². The topological polar surface area (TPSA) is 90.1 Å². The van der Waals surface area contributed by atoms with Crippen LogP contribution in [0.15, 0.2) is 68.8 Å². The number of hydrogen-bond donors (Lipinski definition) is 3. The number of piperazine rings is 1. The number of anilines is 2. The number of para-hydroxylation sites is 2. The van der Waals surface area contributed by atoms with Crippen LogP contribution < -0.4 is 21.2 Å². The number of aryl methyl sites for hydroxylation is 1. The maximum Gasteiger partial charge on any atom is 0.348 e. The van der Waals surface area contributed by atoms with Crippen molar-refractivity contribution in [1.29, 1.82) is 0 Å². The first-order valence-electron chi connectivity index (χ1n) is 10.9. The van der Waals surface area contributed by atoms with Crippen molar-refractivity contribution < 1.29 is 9.52 Å². The minimum atomic E-state index is -0.576. The van der Waals surface area contributed by atoms with Crippen molar-refractivity contribution in [3.8, 4) is 5.75 Å². The van der Waals surface area contributed by atoms with Gasteiger partial charge in [0, 0.05) is 44.4 Å². The number of aromatic hydroxyl groups is 1. The molecule has 2 aliphatic heterocycles. The van der Waals surface area contributed by atoms with E-state index in [1.54, 1.807) is 6.92 Å². The third-order valence-electron chi connectivity index (χ3n) is 6.01. The Kier molecular flexibility index (Phi) is 5.41. The lowest BCUT2D eigenvalue weighted by molar-refractivity contribution is 0.432. The molecule has 0 amide bonds. The Morgan fingerprint density at radius 3 is 2.59 bits per heavy atom. The summed E-state index contributed by atoms with van der Waals surface area (Å²) in [4.78, 5) is 19.7. The van der Waals surface area contributed by atoms with Gasteiger partial charge in [0.15, 0.2) is 0 Å². The second-order valence-corrected chi connectivity index (χ2v) is 8.21. The zero-order chi connectivity index (χ0) is 22.1. The summed E-state index contributed by atoms with van der Waals surface area (Å²) in [5.74, 6) is 0.258. The summed E-state index contributed by atoms with van der Waals surface area (Å²) in [6.07, 6.45) is 0.434. The molecule has 1 fully saturated rings. The smallest absolute Gasteiger partial charge is 0.348 e. The lowest BCUT2D eigenvalue weighted by Crippen LogP contribution is -2.43. The highest BCUT2D eigenvalue weighted by atomic mass is 16.4. The van der Waals surface area contributed by atoms with Gasteiger partial charge in [0.1, 0.15) is 17.1 Å². The second kappa shape index (κ2) is 8.51. The molecule has 164 valence electrons. The minimum absolute atomic E-state index is 0.107. The first-order chi connectivity index (χ1) is 15.6. The zero-order valence-electron chi connectivity index (χ0n) is 18.0. The molecule has 5 rings (SSSR count). The van der Waals surface area contributed by atoms with Crippen molar-refractivity contribution in [3.05, 3.63) is 81.9 Å². The molecule has 3 heterocycles. The normalized spacial score (nSPS) is 18.3. The van der Waals surface area contributed by atoms with E-state index >= 15 is 0 Å². The van der Waals surface area contributed by atoms with E-state index in [0.717, 1.165) is 43.1 Å². The molecule has 1 saturated heterocycles. The summed E-state index contributed by atoms with van der Waals surface area (Å²) in [5.41, 5.74) is 3.95. The summed E-state index contributed by atoms with van der Waals surface area (Å²) in [6, 6.07) is 17.6. The molecular formula is C25H26N4O3. The summed E-state index contributed by atoms with van der Waals surface area (Å²) >= 11 is 0. The van der Waals surface area contributed by atoms with E-state index in [-0.39, 0.29) is 17.4 Å². The molecule has 1 unspecified atom stereocenters. The standard InChI is InChI=1S/C25H26N4O3/c1-16-14-23(30)24(25(31)32-16)22-15-21(27-19-4-2-3-5-20(19)28-22)17-6-8-18(9-7-17)29-12-10-26-11-13-29/h2-9,14,21,26-27,30H,10-13,15H2,1H3. The molecular weight excluding hydrogens is 404 g/mol. The summed E-state index contributed by atoms with van der Waals surface area (Å²) in [6.45, 7) is 5.61. The van der Waals surface area contributed by atoms with Crippen LogP contribution in [0.1, 0.15) is 29.3 Å². The van der Waals surface area contributed by atoms with Gasteiger partial charge in [-0.15, -0.1) is 0 Å². The fourth-order valence-corrected chi connectivity index (χ4v) is 4.38. The Morgan fingerprint density at radius 1 is 1.09 bits per heavy atom. The molecule has 1 atom stereocenters. The van der Waals surface area contributed by atoms with Crippen molar-refractivity contribution in [2.45, 2.75) is 19.4 Å². The third-order valence-corrected chi connectivity index (χ3v) is 6.01. The van der Waals surface area contributed by atoms with Crippen LogP contribution in [-0.2, 0) is 0 Å². The highest BCUT2D eigenvalue weighted by molar-refractivity contribution is 6.05. The van der Waals surface area contributed by atoms with Gasteiger partial charge in [-0.2, -0.15) is 0 Å². The fraction of sp³-hybridized carbons (Fsp3) is 0.280. The van der Waals surface area contributed by atoms with E-state index in [1.807, 2.05) is 24.3 Å². The second-order valence-electron chi connectivity index (χ2n) is 8.21. The van der Waals surface area contributed by atoms with Crippen molar-refractivity contribution in [2.24, 2.45) is 4.99 Å². The van der Waals surface area contributed by atoms with Crippen molar-refractivity contribution in [2.75, 3.05) is 36.4 Å². The van der Waals surface area contributed by atoms with Crippen LogP contribution in [-0.4, -0.2) is 37.0 Å². The fourth-order valence-electron chi connectivity index (χ4n) is 4.38. The Bertz CT molecular complexity index is 1210. The van der Waals surface area contributed by atoms with Gasteiger partial charge >= 0.3 is 5.63 Å². The van der Waals surface area contributed by atoms with E-state index in [4.69, 9.17) is 9.41 Å². The van der Waals surface area contributed by atoms with Crippen LogP contribution in [0.2, 0.25) is 0 Å². The molecule has 3 aromatic rings. The van der Waals surface area contributed by atoms with Crippen molar-refractivity contribution in [3.63, 3.8) is 0 Å². The Balaban J connectivity index is 1.52. The summed E-state index contributed by atoms with van der Waals surface area (Å²) in [7, 11) is 0. The van der Waals surface area contributed by atoms with Crippen LogP contribution in [0.4, 0.5) is 17.1 Å². The first-order valence-corrected chi connectivity index (χ1v) is 10.9. The third kappa shape index (κ3) is 3.99. The number of aliphatic imine (C=N–C) groups is 1. The maximum atomic E-state index is 12.6. The van der Waals surface area contributed by atoms with Crippen LogP contribution >= 0.6 is 0 Å². The predicted molar refractivity (Wildman–Crippen MR) is 127 cm³/mol. The molecule has 0 bridgehead atoms. The van der Waals surface area contributed by atoms with Crippen LogP contribution in [0, 0.1) is 6.92 Å². The molecule has 0 radical (unpaired) electrons. The lowest BCUT2D eigenvalue weighted by Gasteiger charge is -2.30. The maximum absolute atomic E-state index is 12.6. The predicted octanol–water partition coefficient (Wildman–Crippen LogP) is 3.74. The summed E-state index contributed by atoms with van der Waals surface area (Å²) < 4.78 is 5.27. The van der Waals surface area contributed by atoms with Gasteiger partial charge in [-0.25, -0.2) is 4.79 Å².